The lowest BCUT2D eigenvalue weighted by molar-refractivity contribution is -0.158. The van der Waals surface area contributed by atoms with Gasteiger partial charge in [0.05, 0.1) is 12.0 Å². The average Bonchev–Trinajstić information content (AvgIpc) is 2.82. The minimum atomic E-state index is -0.607. The largest absolute Gasteiger partial charge is 0.460 e. The van der Waals surface area contributed by atoms with Crippen LogP contribution in [0.4, 0.5) is 0 Å². The summed E-state index contributed by atoms with van der Waals surface area (Å²) in [6.07, 6.45) is 21.9. The maximum atomic E-state index is 12.3. The van der Waals surface area contributed by atoms with Crippen LogP contribution < -0.4 is 0 Å². The van der Waals surface area contributed by atoms with Crippen molar-refractivity contribution < 1.29 is 14.3 Å². The third-order valence-corrected chi connectivity index (χ3v) is 6.37. The molecule has 0 radical (unpaired) electrons. The third kappa shape index (κ3) is 16.8. The monoisotopic (exact) mass is 460 g/mol. The highest BCUT2D eigenvalue weighted by Gasteiger charge is 2.29. The van der Waals surface area contributed by atoms with Crippen molar-refractivity contribution in [1.82, 2.24) is 0 Å². The Balaban J connectivity index is 1.86. The molecule has 0 fully saturated rings. The van der Waals surface area contributed by atoms with Crippen molar-refractivity contribution in [2.24, 2.45) is 5.41 Å². The van der Waals surface area contributed by atoms with E-state index in [0.29, 0.717) is 13.2 Å². The predicted molar refractivity (Wildman–Crippen MR) is 140 cm³/mol. The lowest BCUT2D eigenvalue weighted by Crippen LogP contribution is -2.31. The second-order valence-electron chi connectivity index (χ2n) is 10.3. The molecule has 1 aromatic carbocycles. The van der Waals surface area contributed by atoms with Gasteiger partial charge in [0, 0.05) is 6.61 Å². The van der Waals surface area contributed by atoms with E-state index in [1.807, 2.05) is 44.2 Å². The molecule has 0 saturated heterocycles. The number of esters is 1. The van der Waals surface area contributed by atoms with Gasteiger partial charge in [0.15, 0.2) is 0 Å². The molecule has 190 valence electrons. The topological polar surface area (TPSA) is 35.5 Å². The summed E-state index contributed by atoms with van der Waals surface area (Å²) < 4.78 is 11.3. The summed E-state index contributed by atoms with van der Waals surface area (Å²) in [4.78, 5) is 12.3. The summed E-state index contributed by atoms with van der Waals surface area (Å²) in [7, 11) is 0. The maximum absolute atomic E-state index is 12.3. The van der Waals surface area contributed by atoms with Gasteiger partial charge in [0.25, 0.3) is 0 Å². The summed E-state index contributed by atoms with van der Waals surface area (Å²) >= 11 is 0. The molecule has 3 heteroatoms. The van der Waals surface area contributed by atoms with Gasteiger partial charge >= 0.3 is 5.97 Å². The number of benzene rings is 1. The number of unbranched alkanes of at least 4 members (excludes halogenated alkanes) is 15. The van der Waals surface area contributed by atoms with Crippen molar-refractivity contribution in [3.63, 3.8) is 0 Å². The van der Waals surface area contributed by atoms with E-state index < -0.39 is 5.41 Å². The molecule has 0 aliphatic carbocycles. The first-order valence-electron chi connectivity index (χ1n) is 13.8. The zero-order valence-corrected chi connectivity index (χ0v) is 22.0. The van der Waals surface area contributed by atoms with Crippen LogP contribution in [0.2, 0.25) is 0 Å². The van der Waals surface area contributed by atoms with E-state index in [1.54, 1.807) is 0 Å². The molecule has 0 aromatic heterocycles. The van der Waals surface area contributed by atoms with Crippen molar-refractivity contribution in [3.05, 3.63) is 35.9 Å². The van der Waals surface area contributed by atoms with Crippen LogP contribution in [0, 0.1) is 5.41 Å². The molecule has 0 aliphatic rings. The third-order valence-electron chi connectivity index (χ3n) is 6.37. The Kier molecular flexibility index (Phi) is 18.0. The van der Waals surface area contributed by atoms with Crippen molar-refractivity contribution >= 4 is 5.97 Å². The Morgan fingerprint density at radius 2 is 1.15 bits per heavy atom. The van der Waals surface area contributed by atoms with E-state index in [4.69, 9.17) is 9.47 Å². The van der Waals surface area contributed by atoms with Gasteiger partial charge in [0.1, 0.15) is 6.61 Å². The minimum absolute atomic E-state index is 0.196. The van der Waals surface area contributed by atoms with Crippen LogP contribution in [0.1, 0.15) is 129 Å². The van der Waals surface area contributed by atoms with Gasteiger partial charge in [-0.05, 0) is 25.8 Å². The molecule has 1 rings (SSSR count). The van der Waals surface area contributed by atoms with Crippen LogP contribution in [-0.2, 0) is 20.9 Å². The molecule has 0 amide bonds. The highest BCUT2D eigenvalue weighted by molar-refractivity contribution is 5.76. The maximum Gasteiger partial charge on any atom is 0.314 e. The predicted octanol–water partition coefficient (Wildman–Crippen LogP) is 9.03. The highest BCUT2D eigenvalue weighted by Crippen LogP contribution is 2.19. The van der Waals surface area contributed by atoms with Gasteiger partial charge in [-0.15, -0.1) is 0 Å². The van der Waals surface area contributed by atoms with Crippen LogP contribution >= 0.6 is 0 Å². The fourth-order valence-corrected chi connectivity index (χ4v) is 4.06. The molecule has 33 heavy (non-hydrogen) atoms. The quantitative estimate of drug-likeness (QED) is 0.128. The lowest BCUT2D eigenvalue weighted by Gasteiger charge is -2.22. The molecule has 0 saturated carbocycles. The molecular formula is C30H52O3. The van der Waals surface area contributed by atoms with Gasteiger partial charge in [0.2, 0.25) is 0 Å². The first-order valence-corrected chi connectivity index (χ1v) is 13.8. The van der Waals surface area contributed by atoms with Gasteiger partial charge in [-0.25, -0.2) is 0 Å². The first-order chi connectivity index (χ1) is 16.1. The number of carbonyl (C=O) groups excluding carboxylic acids is 1. The van der Waals surface area contributed by atoms with Crippen LogP contribution in [0.5, 0.6) is 0 Å². The van der Waals surface area contributed by atoms with E-state index in [9.17, 15) is 4.79 Å². The highest BCUT2D eigenvalue weighted by atomic mass is 16.5. The molecule has 0 heterocycles. The van der Waals surface area contributed by atoms with Gasteiger partial charge in [-0.1, -0.05) is 134 Å². The SMILES string of the molecule is CCCCCCCCCCCCCCCCCCOCC(C)(C)C(=O)OCc1ccccc1. The Morgan fingerprint density at radius 3 is 1.64 bits per heavy atom. The molecule has 0 spiro atoms. The first kappa shape index (κ1) is 29.7. The van der Waals surface area contributed by atoms with E-state index in [2.05, 4.69) is 6.92 Å². The molecule has 0 aliphatic heterocycles. The minimum Gasteiger partial charge on any atom is -0.460 e. The summed E-state index contributed by atoms with van der Waals surface area (Å²) in [5.41, 5.74) is 0.403. The molecule has 0 bridgehead atoms. The number of ether oxygens (including phenoxy) is 2. The normalized spacial score (nSPS) is 11.6. The average molecular weight is 461 g/mol. The van der Waals surface area contributed by atoms with Crippen molar-refractivity contribution in [2.75, 3.05) is 13.2 Å². The summed E-state index contributed by atoms with van der Waals surface area (Å²) in [5, 5.41) is 0. The van der Waals surface area contributed by atoms with Gasteiger partial charge in [-0.3, -0.25) is 4.79 Å². The Hall–Kier alpha value is -1.35. The van der Waals surface area contributed by atoms with Crippen LogP contribution in [-0.4, -0.2) is 19.2 Å². The zero-order chi connectivity index (χ0) is 24.0. The molecule has 0 N–H and O–H groups in total. The molecular weight excluding hydrogens is 408 g/mol. The van der Waals surface area contributed by atoms with Crippen LogP contribution in [0.15, 0.2) is 30.3 Å². The Bertz CT molecular complexity index is 567. The smallest absolute Gasteiger partial charge is 0.314 e. The second-order valence-corrected chi connectivity index (χ2v) is 10.3. The van der Waals surface area contributed by atoms with Crippen LogP contribution in [0.3, 0.4) is 0 Å². The van der Waals surface area contributed by atoms with E-state index >= 15 is 0 Å². The van der Waals surface area contributed by atoms with E-state index in [0.717, 1.165) is 18.6 Å². The molecule has 0 atom stereocenters. The van der Waals surface area contributed by atoms with E-state index in [1.165, 1.54) is 96.3 Å². The second kappa shape index (κ2) is 20.1. The van der Waals surface area contributed by atoms with E-state index in [-0.39, 0.29) is 5.97 Å². The summed E-state index contributed by atoms with van der Waals surface area (Å²) in [6.45, 7) is 7.55. The molecule has 1 aromatic rings. The molecule has 0 unspecified atom stereocenters. The number of hydrogen-bond acceptors (Lipinski definition) is 3. The fourth-order valence-electron chi connectivity index (χ4n) is 4.06. The Morgan fingerprint density at radius 1 is 0.697 bits per heavy atom. The van der Waals surface area contributed by atoms with Crippen molar-refractivity contribution in [3.8, 4) is 0 Å². The number of rotatable bonds is 22. The lowest BCUT2D eigenvalue weighted by atomic mass is 9.95. The Labute approximate surface area is 205 Å². The number of hydrogen-bond donors (Lipinski definition) is 0. The summed E-state index contributed by atoms with van der Waals surface area (Å²) in [5.74, 6) is -0.196. The number of carbonyl (C=O) groups is 1. The van der Waals surface area contributed by atoms with Gasteiger partial charge < -0.3 is 9.47 Å². The standard InChI is InChI=1S/C30H52O3/c1-4-5-6-7-8-9-10-11-12-13-14-15-16-17-18-22-25-32-27-30(2,3)29(31)33-26-28-23-20-19-21-24-28/h19-21,23-24H,4-18,22,25-27H2,1-3H3. The van der Waals surface area contributed by atoms with Crippen molar-refractivity contribution in [1.29, 1.82) is 0 Å². The van der Waals surface area contributed by atoms with Gasteiger partial charge in [-0.2, -0.15) is 0 Å². The summed E-state index contributed by atoms with van der Waals surface area (Å²) in [6, 6.07) is 9.80. The zero-order valence-electron chi connectivity index (χ0n) is 22.0. The van der Waals surface area contributed by atoms with Crippen LogP contribution in [0.25, 0.3) is 0 Å². The van der Waals surface area contributed by atoms with Crippen molar-refractivity contribution in [2.45, 2.75) is 130 Å². The fraction of sp³-hybridized carbons (Fsp3) is 0.767. The molecule has 3 nitrogen and oxygen atoms in total.